The first kappa shape index (κ1) is 13.2. The Morgan fingerprint density at radius 2 is 1.64 bits per heavy atom. The van der Waals surface area contributed by atoms with Gasteiger partial charge < -0.3 is 5.73 Å². The second-order valence-corrected chi connectivity index (χ2v) is 3.50. The van der Waals surface area contributed by atoms with Gasteiger partial charge in [-0.05, 0) is 19.9 Å². The van der Waals surface area contributed by atoms with E-state index in [-0.39, 0.29) is 0 Å². The van der Waals surface area contributed by atoms with E-state index in [9.17, 15) is 0 Å². The molecule has 0 saturated carbocycles. The van der Waals surface area contributed by atoms with Crippen molar-refractivity contribution < 1.29 is 0 Å². The van der Waals surface area contributed by atoms with Crippen molar-refractivity contribution in [2.24, 2.45) is 5.73 Å². The van der Waals surface area contributed by atoms with E-state index in [1.165, 1.54) is 31.2 Å². The first-order valence-corrected chi connectivity index (χ1v) is 5.53. The zero-order chi connectivity index (χ0) is 10.6. The van der Waals surface area contributed by atoms with Crippen molar-refractivity contribution in [3.63, 3.8) is 0 Å². The molecular weight excluding hydrogens is 170 g/mol. The summed E-state index contributed by atoms with van der Waals surface area (Å²) in [4.78, 5) is 0. The normalized spacial score (nSPS) is 9.07. The molecule has 0 fully saturated rings. The van der Waals surface area contributed by atoms with Gasteiger partial charge in [-0.2, -0.15) is 0 Å². The van der Waals surface area contributed by atoms with Crippen LogP contribution in [0.1, 0.15) is 38.2 Å². The van der Waals surface area contributed by atoms with E-state index in [1.54, 1.807) is 0 Å². The molecule has 0 aliphatic carbocycles. The van der Waals surface area contributed by atoms with Crippen molar-refractivity contribution in [2.75, 3.05) is 6.54 Å². The van der Waals surface area contributed by atoms with Gasteiger partial charge in [0.1, 0.15) is 0 Å². The number of rotatable bonds is 4. The number of unbranched alkanes of at least 4 members (excludes halogenated alkanes) is 3. The Morgan fingerprint density at radius 3 is 2.00 bits per heavy atom. The van der Waals surface area contributed by atoms with Crippen LogP contribution in [0.25, 0.3) is 0 Å². The fourth-order valence-electron chi connectivity index (χ4n) is 1.11. The summed E-state index contributed by atoms with van der Waals surface area (Å²) in [6.45, 7) is 5.15. The molecule has 0 radical (unpaired) electrons. The molecule has 0 saturated heterocycles. The lowest BCUT2D eigenvalue weighted by Gasteiger charge is -1.90. The van der Waals surface area contributed by atoms with E-state index in [0.29, 0.717) is 0 Å². The van der Waals surface area contributed by atoms with Gasteiger partial charge >= 0.3 is 0 Å². The number of nitrogens with two attached hydrogens (primary N) is 1. The smallest absolute Gasteiger partial charge is 0.00773 e. The molecule has 1 aromatic rings. The van der Waals surface area contributed by atoms with Gasteiger partial charge in [0.2, 0.25) is 0 Å². The molecule has 0 heterocycles. The Balaban J connectivity index is 0.000000241. The summed E-state index contributed by atoms with van der Waals surface area (Å²) < 4.78 is 0. The molecule has 0 spiro atoms. The Bertz CT molecular complexity index is 190. The molecule has 0 amide bonds. The van der Waals surface area contributed by atoms with Gasteiger partial charge in [-0.15, -0.1) is 0 Å². The highest BCUT2D eigenvalue weighted by molar-refractivity contribution is 5.11. The van der Waals surface area contributed by atoms with Crippen molar-refractivity contribution in [1.82, 2.24) is 0 Å². The van der Waals surface area contributed by atoms with E-state index in [4.69, 9.17) is 5.73 Å². The van der Waals surface area contributed by atoms with Gasteiger partial charge in [-0.25, -0.2) is 0 Å². The van der Waals surface area contributed by atoms with Crippen LogP contribution in [0.4, 0.5) is 0 Å². The fourth-order valence-corrected chi connectivity index (χ4v) is 1.11. The predicted molar refractivity (Wildman–Crippen MR) is 64.4 cm³/mol. The summed E-state index contributed by atoms with van der Waals surface area (Å²) in [6.07, 6.45) is 5.16. The molecule has 0 bridgehead atoms. The van der Waals surface area contributed by atoms with Crippen LogP contribution in [-0.4, -0.2) is 6.54 Å². The molecule has 1 aromatic carbocycles. The van der Waals surface area contributed by atoms with Gasteiger partial charge in [-0.3, -0.25) is 0 Å². The maximum atomic E-state index is 5.27. The minimum absolute atomic E-state index is 0.861. The second-order valence-electron chi connectivity index (χ2n) is 3.50. The van der Waals surface area contributed by atoms with Gasteiger partial charge in [-0.1, -0.05) is 62.1 Å². The zero-order valence-corrected chi connectivity index (χ0v) is 9.50. The third-order valence-electron chi connectivity index (χ3n) is 2.00. The van der Waals surface area contributed by atoms with Gasteiger partial charge in [0, 0.05) is 0 Å². The van der Waals surface area contributed by atoms with Gasteiger partial charge in [0.15, 0.2) is 0 Å². The molecule has 0 unspecified atom stereocenters. The lowest BCUT2D eigenvalue weighted by atomic mass is 10.2. The highest BCUT2D eigenvalue weighted by Gasteiger charge is 1.80. The van der Waals surface area contributed by atoms with E-state index < -0.39 is 0 Å². The van der Waals surface area contributed by atoms with Crippen LogP contribution in [0.5, 0.6) is 0 Å². The van der Waals surface area contributed by atoms with Crippen molar-refractivity contribution in [2.45, 2.75) is 39.5 Å². The Morgan fingerprint density at radius 1 is 1.00 bits per heavy atom. The minimum Gasteiger partial charge on any atom is -0.330 e. The number of aryl methyl sites for hydroxylation is 1. The molecule has 80 valence electrons. The minimum atomic E-state index is 0.861. The average molecular weight is 193 g/mol. The Labute approximate surface area is 88.3 Å². The monoisotopic (exact) mass is 193 g/mol. The fraction of sp³-hybridized carbons (Fsp3) is 0.538. The summed E-state index contributed by atoms with van der Waals surface area (Å²) in [6, 6.07) is 10.3. The lowest BCUT2D eigenvalue weighted by molar-refractivity contribution is 0.674. The summed E-state index contributed by atoms with van der Waals surface area (Å²) >= 11 is 0. The summed E-state index contributed by atoms with van der Waals surface area (Å²) in [5.74, 6) is 0. The van der Waals surface area contributed by atoms with Crippen LogP contribution in [0, 0.1) is 6.92 Å². The highest BCUT2D eigenvalue weighted by Crippen LogP contribution is 1.95. The average Bonchev–Trinajstić information content (AvgIpc) is 2.21. The molecule has 1 heteroatoms. The second kappa shape index (κ2) is 10.3. The molecule has 0 aliphatic rings. The SMILES string of the molecule is CCCCCCN.Cc1ccccc1. The van der Waals surface area contributed by atoms with Crippen LogP contribution in [0.15, 0.2) is 30.3 Å². The van der Waals surface area contributed by atoms with Crippen LogP contribution < -0.4 is 5.73 Å². The highest BCUT2D eigenvalue weighted by atomic mass is 14.5. The first-order chi connectivity index (χ1) is 6.81. The van der Waals surface area contributed by atoms with Crippen molar-refractivity contribution in [3.05, 3.63) is 35.9 Å². The molecule has 0 aromatic heterocycles. The quantitative estimate of drug-likeness (QED) is 0.727. The van der Waals surface area contributed by atoms with E-state index in [2.05, 4.69) is 26.0 Å². The topological polar surface area (TPSA) is 26.0 Å². The Hall–Kier alpha value is -0.820. The molecule has 14 heavy (non-hydrogen) atoms. The van der Waals surface area contributed by atoms with Crippen LogP contribution >= 0.6 is 0 Å². The number of hydrogen-bond acceptors (Lipinski definition) is 1. The molecule has 1 rings (SSSR count). The molecule has 1 nitrogen and oxygen atoms in total. The zero-order valence-electron chi connectivity index (χ0n) is 9.50. The largest absolute Gasteiger partial charge is 0.330 e. The van der Waals surface area contributed by atoms with Gasteiger partial charge in [0.05, 0.1) is 0 Å². The maximum absolute atomic E-state index is 5.27. The maximum Gasteiger partial charge on any atom is -0.00773 e. The first-order valence-electron chi connectivity index (χ1n) is 5.53. The summed E-state index contributed by atoms with van der Waals surface area (Å²) in [5.41, 5.74) is 6.59. The van der Waals surface area contributed by atoms with Crippen molar-refractivity contribution >= 4 is 0 Å². The van der Waals surface area contributed by atoms with E-state index in [1.807, 2.05) is 18.2 Å². The number of benzene rings is 1. The van der Waals surface area contributed by atoms with Gasteiger partial charge in [0.25, 0.3) is 0 Å². The van der Waals surface area contributed by atoms with Crippen LogP contribution in [0.3, 0.4) is 0 Å². The molecular formula is C13H23N. The van der Waals surface area contributed by atoms with E-state index >= 15 is 0 Å². The van der Waals surface area contributed by atoms with E-state index in [0.717, 1.165) is 6.54 Å². The third kappa shape index (κ3) is 9.27. The Kier molecular flexibility index (Phi) is 9.66. The van der Waals surface area contributed by atoms with Crippen LogP contribution in [0.2, 0.25) is 0 Å². The third-order valence-corrected chi connectivity index (χ3v) is 2.00. The summed E-state index contributed by atoms with van der Waals surface area (Å²) in [5, 5.41) is 0. The predicted octanol–water partition coefficient (Wildman–Crippen LogP) is 3.52. The van der Waals surface area contributed by atoms with Crippen molar-refractivity contribution in [1.29, 1.82) is 0 Å². The summed E-state index contributed by atoms with van der Waals surface area (Å²) in [7, 11) is 0. The van der Waals surface area contributed by atoms with Crippen molar-refractivity contribution in [3.8, 4) is 0 Å². The van der Waals surface area contributed by atoms with Crippen LogP contribution in [-0.2, 0) is 0 Å². The molecule has 2 N–H and O–H groups in total. The lowest BCUT2D eigenvalue weighted by Crippen LogP contribution is -1.97. The standard InChI is InChI=1S/C7H8.C6H15N/c1-7-5-3-2-4-6-7;1-2-3-4-5-6-7/h2-6H,1H3;2-7H2,1H3. The molecule has 0 atom stereocenters. The number of hydrogen-bond donors (Lipinski definition) is 1. The molecule has 0 aliphatic heterocycles.